The van der Waals surface area contributed by atoms with Crippen LogP contribution in [0.25, 0.3) is 0 Å². The molecule has 0 unspecified atom stereocenters. The Labute approximate surface area is 179 Å². The molecule has 0 aliphatic carbocycles. The second-order valence-electron chi connectivity index (χ2n) is 7.82. The predicted molar refractivity (Wildman–Crippen MR) is 115 cm³/mol. The number of aromatic nitrogens is 2. The van der Waals surface area contributed by atoms with E-state index in [-0.39, 0.29) is 17.7 Å². The molecular formula is C21H24FN7S. The van der Waals surface area contributed by atoms with Gasteiger partial charge in [-0.25, -0.2) is 14.4 Å². The minimum Gasteiger partial charge on any atom is -0.343 e. The molecule has 2 aliphatic rings. The van der Waals surface area contributed by atoms with E-state index in [1.54, 1.807) is 17.9 Å². The first-order valence-corrected chi connectivity index (χ1v) is 10.7. The summed E-state index contributed by atoms with van der Waals surface area (Å²) in [6.07, 6.45) is 1.35. The number of anilines is 1. The monoisotopic (exact) mass is 425 g/mol. The van der Waals surface area contributed by atoms with E-state index in [0.29, 0.717) is 41.7 Å². The Bertz CT molecular complexity index is 1070. The average Bonchev–Trinajstić information content (AvgIpc) is 3.35. The lowest BCUT2D eigenvalue weighted by Crippen LogP contribution is -2.60. The molecule has 2 aliphatic heterocycles. The molecular weight excluding hydrogens is 401 g/mol. The fourth-order valence-electron chi connectivity index (χ4n) is 4.29. The lowest BCUT2D eigenvalue weighted by molar-refractivity contribution is 0.274. The maximum absolute atomic E-state index is 14.5. The lowest BCUT2D eigenvalue weighted by atomic mass is 9.81. The quantitative estimate of drug-likeness (QED) is 0.782. The number of rotatable bonds is 4. The molecule has 30 heavy (non-hydrogen) atoms. The molecule has 0 bridgehead atoms. The first kappa shape index (κ1) is 20.3. The van der Waals surface area contributed by atoms with E-state index in [9.17, 15) is 9.65 Å². The highest BCUT2D eigenvalue weighted by Gasteiger charge is 2.55. The third kappa shape index (κ3) is 3.03. The zero-order valence-corrected chi connectivity index (χ0v) is 18.1. The Balaban J connectivity index is 1.79. The molecule has 0 spiro atoms. The molecule has 4 heterocycles. The molecule has 0 radical (unpaired) electrons. The largest absolute Gasteiger partial charge is 0.343 e. The number of nitriles is 1. The van der Waals surface area contributed by atoms with E-state index in [4.69, 9.17) is 5.41 Å². The minimum atomic E-state index is -0.614. The fraction of sp³-hybridized carbons (Fsp3) is 0.429. The molecule has 2 aromatic rings. The highest BCUT2D eigenvalue weighted by Crippen LogP contribution is 2.46. The van der Waals surface area contributed by atoms with Crippen LogP contribution in [0.3, 0.4) is 0 Å². The van der Waals surface area contributed by atoms with E-state index in [2.05, 4.69) is 27.9 Å². The molecule has 4 rings (SSSR count). The highest BCUT2D eigenvalue weighted by atomic mass is 32.1. The molecule has 0 aromatic carbocycles. The van der Waals surface area contributed by atoms with Crippen LogP contribution in [0.1, 0.15) is 34.5 Å². The van der Waals surface area contributed by atoms with Gasteiger partial charge in [0.15, 0.2) is 11.8 Å². The van der Waals surface area contributed by atoms with Gasteiger partial charge in [-0.3, -0.25) is 5.41 Å². The SMILES string of the molecule is C=C1[C@@H]2CN(c3nc(C)c(F)c(CCC)n3)C[C@]2(c2ccc(C#N)s2)NC(=N)N1C. The summed E-state index contributed by atoms with van der Waals surface area (Å²) < 4.78 is 14.5. The van der Waals surface area contributed by atoms with Crippen molar-refractivity contribution in [1.82, 2.24) is 20.2 Å². The van der Waals surface area contributed by atoms with Gasteiger partial charge in [-0.05, 0) is 25.5 Å². The first-order chi connectivity index (χ1) is 14.3. The van der Waals surface area contributed by atoms with Gasteiger partial charge < -0.3 is 15.1 Å². The summed E-state index contributed by atoms with van der Waals surface area (Å²) in [5.41, 5.74) is 0.980. The number of halogens is 1. The summed E-state index contributed by atoms with van der Waals surface area (Å²) in [5.74, 6) is 0.359. The van der Waals surface area contributed by atoms with Crippen LogP contribution >= 0.6 is 11.3 Å². The number of thiophene rings is 1. The molecule has 2 aromatic heterocycles. The van der Waals surface area contributed by atoms with Gasteiger partial charge in [0.05, 0.1) is 11.4 Å². The van der Waals surface area contributed by atoms with Gasteiger partial charge in [0.2, 0.25) is 5.95 Å². The highest BCUT2D eigenvalue weighted by molar-refractivity contribution is 7.12. The molecule has 0 saturated carbocycles. The van der Waals surface area contributed by atoms with Crippen molar-refractivity contribution in [3.8, 4) is 6.07 Å². The summed E-state index contributed by atoms with van der Waals surface area (Å²) in [6.45, 7) is 8.99. The summed E-state index contributed by atoms with van der Waals surface area (Å²) in [6, 6.07) is 5.94. The van der Waals surface area contributed by atoms with Crippen LogP contribution in [0.2, 0.25) is 0 Å². The van der Waals surface area contributed by atoms with Gasteiger partial charge in [0.1, 0.15) is 16.5 Å². The first-order valence-electron chi connectivity index (χ1n) is 9.88. The molecule has 2 atom stereocenters. The normalized spacial score (nSPS) is 23.4. The van der Waals surface area contributed by atoms with Crippen molar-refractivity contribution < 1.29 is 4.39 Å². The van der Waals surface area contributed by atoms with Crippen LogP contribution in [0.4, 0.5) is 10.3 Å². The van der Waals surface area contributed by atoms with Gasteiger partial charge in [0.25, 0.3) is 0 Å². The molecule has 156 valence electrons. The summed E-state index contributed by atoms with van der Waals surface area (Å²) >= 11 is 1.42. The van der Waals surface area contributed by atoms with Gasteiger partial charge in [-0.15, -0.1) is 11.3 Å². The van der Waals surface area contributed by atoms with Crippen molar-refractivity contribution >= 4 is 23.2 Å². The van der Waals surface area contributed by atoms with Crippen molar-refractivity contribution in [2.24, 2.45) is 5.92 Å². The Morgan fingerprint density at radius 3 is 2.90 bits per heavy atom. The third-order valence-electron chi connectivity index (χ3n) is 5.95. The zero-order valence-electron chi connectivity index (χ0n) is 17.3. The molecule has 0 amide bonds. The Morgan fingerprint density at radius 1 is 1.47 bits per heavy atom. The van der Waals surface area contributed by atoms with Crippen molar-refractivity contribution in [2.75, 3.05) is 25.0 Å². The van der Waals surface area contributed by atoms with Crippen molar-refractivity contribution in [3.63, 3.8) is 0 Å². The standard InChI is InChI=1S/C21H24FN7S/c1-5-6-16-18(22)12(2)25-20(26-16)29-10-15-13(3)28(4)19(24)27-21(15,11-29)17-8-7-14(9-23)30-17/h7-8,15H,3,5-6,10-11H2,1-2,4H3,(H2,24,27)/t15-,21-/m0/s1. The number of fused-ring (bicyclic) bond motifs is 1. The van der Waals surface area contributed by atoms with Crippen LogP contribution in [0.5, 0.6) is 0 Å². The summed E-state index contributed by atoms with van der Waals surface area (Å²) in [5, 5.41) is 21.1. The molecule has 2 saturated heterocycles. The Morgan fingerprint density at radius 2 is 2.23 bits per heavy atom. The Hall–Kier alpha value is -2.99. The zero-order chi connectivity index (χ0) is 21.6. The molecule has 2 fully saturated rings. The van der Waals surface area contributed by atoms with E-state index in [0.717, 1.165) is 17.0 Å². The smallest absolute Gasteiger partial charge is 0.226 e. The minimum absolute atomic E-state index is 0.0506. The average molecular weight is 426 g/mol. The predicted octanol–water partition coefficient (Wildman–Crippen LogP) is 3.12. The second-order valence-corrected chi connectivity index (χ2v) is 8.91. The molecule has 7 nitrogen and oxygen atoms in total. The number of nitrogens with zero attached hydrogens (tertiary/aromatic N) is 5. The fourth-order valence-corrected chi connectivity index (χ4v) is 5.28. The maximum Gasteiger partial charge on any atom is 0.226 e. The number of guanidine groups is 1. The Kier molecular flexibility index (Phi) is 4.98. The van der Waals surface area contributed by atoms with Crippen LogP contribution in [0, 0.1) is 35.4 Å². The van der Waals surface area contributed by atoms with Gasteiger partial charge in [0, 0.05) is 36.6 Å². The van der Waals surface area contributed by atoms with Gasteiger partial charge in [-0.2, -0.15) is 5.26 Å². The van der Waals surface area contributed by atoms with Crippen LogP contribution in [-0.2, 0) is 12.0 Å². The second kappa shape index (κ2) is 7.36. The van der Waals surface area contributed by atoms with Crippen molar-refractivity contribution in [3.05, 3.63) is 51.4 Å². The molecule has 9 heteroatoms. The topological polar surface area (TPSA) is 91.9 Å². The van der Waals surface area contributed by atoms with E-state index in [1.165, 1.54) is 11.3 Å². The number of nitrogens with one attached hydrogen (secondary N) is 2. The van der Waals surface area contributed by atoms with Crippen LogP contribution < -0.4 is 10.2 Å². The van der Waals surface area contributed by atoms with E-state index >= 15 is 0 Å². The lowest BCUT2D eigenvalue weighted by Gasteiger charge is -2.45. The summed E-state index contributed by atoms with van der Waals surface area (Å²) in [7, 11) is 1.82. The van der Waals surface area contributed by atoms with Crippen LogP contribution in [-0.4, -0.2) is 41.0 Å². The van der Waals surface area contributed by atoms with Crippen molar-refractivity contribution in [1.29, 1.82) is 10.7 Å². The maximum atomic E-state index is 14.5. The van der Waals surface area contributed by atoms with E-state index in [1.807, 2.05) is 24.9 Å². The van der Waals surface area contributed by atoms with Crippen molar-refractivity contribution in [2.45, 2.75) is 32.2 Å². The summed E-state index contributed by atoms with van der Waals surface area (Å²) in [4.78, 5) is 14.3. The molecule has 2 N–H and O–H groups in total. The van der Waals surface area contributed by atoms with Gasteiger partial charge in [-0.1, -0.05) is 19.9 Å². The third-order valence-corrected chi connectivity index (χ3v) is 7.11. The van der Waals surface area contributed by atoms with E-state index < -0.39 is 5.54 Å². The van der Waals surface area contributed by atoms with Crippen LogP contribution in [0.15, 0.2) is 24.4 Å². The number of hydrogen-bond donors (Lipinski definition) is 2. The number of hydrogen-bond acceptors (Lipinski definition) is 6. The van der Waals surface area contributed by atoms with Gasteiger partial charge >= 0.3 is 0 Å². The number of aryl methyl sites for hydroxylation is 2.